The first-order chi connectivity index (χ1) is 12.6. The molecule has 2 N–H and O–H groups in total. The Bertz CT molecular complexity index is 734. The van der Waals surface area contributed by atoms with Crippen molar-refractivity contribution in [2.24, 2.45) is 4.99 Å². The average Bonchev–Trinajstić information content (AvgIpc) is 3.32. The van der Waals surface area contributed by atoms with Gasteiger partial charge in [0.05, 0.1) is 19.3 Å². The van der Waals surface area contributed by atoms with E-state index in [2.05, 4.69) is 46.8 Å². The third-order valence-electron chi connectivity index (χ3n) is 4.62. The highest BCUT2D eigenvalue weighted by Crippen LogP contribution is 2.29. The molecule has 5 nitrogen and oxygen atoms in total. The van der Waals surface area contributed by atoms with Crippen molar-refractivity contribution >= 4 is 17.3 Å². The summed E-state index contributed by atoms with van der Waals surface area (Å²) in [5, 5.41) is 6.76. The summed E-state index contributed by atoms with van der Waals surface area (Å²) in [6.07, 6.45) is 2.22. The van der Waals surface area contributed by atoms with Crippen molar-refractivity contribution in [2.75, 3.05) is 27.3 Å². The SMILES string of the molecule is CN=C(NCc1ccc(-c2ccc(OC)cc2)s1)NCC1(C)CCCO1. The first kappa shape index (κ1) is 18.7. The van der Waals surface area contributed by atoms with E-state index in [9.17, 15) is 0 Å². The number of nitrogens with zero attached hydrogens (tertiary/aromatic N) is 1. The van der Waals surface area contributed by atoms with Crippen LogP contribution in [0.1, 0.15) is 24.6 Å². The number of hydrogen-bond donors (Lipinski definition) is 2. The van der Waals surface area contributed by atoms with Gasteiger partial charge in [-0.3, -0.25) is 4.99 Å². The molecule has 2 aromatic rings. The second kappa shape index (κ2) is 8.56. The van der Waals surface area contributed by atoms with Gasteiger partial charge in [0, 0.05) is 30.0 Å². The Morgan fingerprint density at radius 1 is 1.23 bits per heavy atom. The molecule has 1 aromatic heterocycles. The number of guanidine groups is 1. The Labute approximate surface area is 159 Å². The highest BCUT2D eigenvalue weighted by molar-refractivity contribution is 7.15. The third kappa shape index (κ3) is 4.77. The van der Waals surface area contributed by atoms with Crippen LogP contribution in [0.25, 0.3) is 10.4 Å². The summed E-state index contributed by atoms with van der Waals surface area (Å²) in [5.74, 6) is 1.68. The van der Waals surface area contributed by atoms with Crippen molar-refractivity contribution in [2.45, 2.75) is 31.9 Å². The largest absolute Gasteiger partial charge is 0.497 e. The molecule has 2 heterocycles. The Hall–Kier alpha value is -2.05. The molecule has 3 rings (SSSR count). The summed E-state index contributed by atoms with van der Waals surface area (Å²) >= 11 is 1.78. The van der Waals surface area contributed by atoms with Crippen LogP contribution in [0.5, 0.6) is 5.75 Å². The monoisotopic (exact) mass is 373 g/mol. The van der Waals surface area contributed by atoms with Gasteiger partial charge < -0.3 is 20.1 Å². The fourth-order valence-electron chi connectivity index (χ4n) is 3.02. The molecule has 6 heteroatoms. The Kier molecular flexibility index (Phi) is 6.16. The zero-order chi connectivity index (χ0) is 18.4. The molecule has 1 unspecified atom stereocenters. The number of methoxy groups -OCH3 is 1. The van der Waals surface area contributed by atoms with Gasteiger partial charge in [0.2, 0.25) is 0 Å². The summed E-state index contributed by atoms with van der Waals surface area (Å²) in [6, 6.07) is 12.5. The molecular formula is C20H27N3O2S. The van der Waals surface area contributed by atoms with Crippen molar-refractivity contribution in [3.05, 3.63) is 41.3 Å². The van der Waals surface area contributed by atoms with Gasteiger partial charge >= 0.3 is 0 Å². The quantitative estimate of drug-likeness (QED) is 0.599. The van der Waals surface area contributed by atoms with Crippen LogP contribution in [0.3, 0.4) is 0 Å². The minimum Gasteiger partial charge on any atom is -0.497 e. The number of rotatable bonds is 6. The summed E-state index contributed by atoms with van der Waals surface area (Å²) < 4.78 is 11.0. The number of aliphatic imine (C=N–C) groups is 1. The summed E-state index contributed by atoms with van der Waals surface area (Å²) in [6.45, 7) is 4.53. The molecule has 0 spiro atoms. The second-order valence-electron chi connectivity index (χ2n) is 6.68. The molecule has 0 saturated carbocycles. The molecule has 0 radical (unpaired) electrons. The lowest BCUT2D eigenvalue weighted by Gasteiger charge is -2.24. The van der Waals surface area contributed by atoms with E-state index >= 15 is 0 Å². The smallest absolute Gasteiger partial charge is 0.191 e. The lowest BCUT2D eigenvalue weighted by atomic mass is 10.0. The Morgan fingerprint density at radius 2 is 2.04 bits per heavy atom. The predicted molar refractivity (Wildman–Crippen MR) is 108 cm³/mol. The molecule has 1 aromatic carbocycles. The second-order valence-corrected chi connectivity index (χ2v) is 7.84. The van der Waals surface area contributed by atoms with E-state index < -0.39 is 0 Å². The normalized spacial score (nSPS) is 20.2. The molecule has 1 atom stereocenters. The third-order valence-corrected chi connectivity index (χ3v) is 5.75. The van der Waals surface area contributed by atoms with Gasteiger partial charge in [-0.15, -0.1) is 11.3 Å². The Morgan fingerprint density at radius 3 is 2.69 bits per heavy atom. The van der Waals surface area contributed by atoms with Crippen LogP contribution in [0.2, 0.25) is 0 Å². The zero-order valence-electron chi connectivity index (χ0n) is 15.7. The first-order valence-electron chi connectivity index (χ1n) is 8.93. The summed E-state index contributed by atoms with van der Waals surface area (Å²) in [4.78, 5) is 6.82. The van der Waals surface area contributed by atoms with Crippen LogP contribution in [-0.2, 0) is 11.3 Å². The maximum absolute atomic E-state index is 5.81. The van der Waals surface area contributed by atoms with Crippen molar-refractivity contribution in [1.82, 2.24) is 10.6 Å². The minimum atomic E-state index is -0.0813. The highest BCUT2D eigenvalue weighted by Gasteiger charge is 2.29. The number of hydrogen-bond acceptors (Lipinski definition) is 4. The molecule has 140 valence electrons. The molecular weight excluding hydrogens is 346 g/mol. The van der Waals surface area contributed by atoms with E-state index in [-0.39, 0.29) is 5.60 Å². The van der Waals surface area contributed by atoms with E-state index in [1.54, 1.807) is 25.5 Å². The lowest BCUT2D eigenvalue weighted by Crippen LogP contribution is -2.45. The fraction of sp³-hybridized carbons (Fsp3) is 0.450. The van der Waals surface area contributed by atoms with Crippen LogP contribution < -0.4 is 15.4 Å². The van der Waals surface area contributed by atoms with Crippen molar-refractivity contribution in [3.63, 3.8) is 0 Å². The van der Waals surface area contributed by atoms with Crippen LogP contribution in [0.15, 0.2) is 41.4 Å². The number of thiophene rings is 1. The van der Waals surface area contributed by atoms with Gasteiger partial charge in [-0.05, 0) is 61.7 Å². The van der Waals surface area contributed by atoms with E-state index in [4.69, 9.17) is 9.47 Å². The van der Waals surface area contributed by atoms with Gasteiger partial charge in [-0.1, -0.05) is 0 Å². The topological polar surface area (TPSA) is 54.9 Å². The minimum absolute atomic E-state index is 0.0813. The van der Waals surface area contributed by atoms with E-state index in [1.165, 1.54) is 15.3 Å². The molecule has 1 fully saturated rings. The fourth-order valence-corrected chi connectivity index (χ4v) is 3.97. The van der Waals surface area contributed by atoms with Crippen LogP contribution in [0.4, 0.5) is 0 Å². The van der Waals surface area contributed by atoms with Gasteiger partial charge in [0.25, 0.3) is 0 Å². The highest BCUT2D eigenvalue weighted by atomic mass is 32.1. The molecule has 0 aliphatic carbocycles. The number of nitrogens with one attached hydrogen (secondary N) is 2. The Balaban J connectivity index is 1.53. The van der Waals surface area contributed by atoms with Gasteiger partial charge in [0.15, 0.2) is 5.96 Å². The van der Waals surface area contributed by atoms with E-state index in [0.717, 1.165) is 44.2 Å². The molecule has 1 aliphatic rings. The predicted octanol–water partition coefficient (Wildman–Crippen LogP) is 3.66. The molecule has 26 heavy (non-hydrogen) atoms. The van der Waals surface area contributed by atoms with Gasteiger partial charge in [0.1, 0.15) is 5.75 Å². The van der Waals surface area contributed by atoms with Crippen molar-refractivity contribution in [3.8, 4) is 16.2 Å². The summed E-state index contributed by atoms with van der Waals surface area (Å²) in [7, 11) is 3.48. The van der Waals surface area contributed by atoms with Gasteiger partial charge in [-0.2, -0.15) is 0 Å². The van der Waals surface area contributed by atoms with Crippen LogP contribution >= 0.6 is 11.3 Å². The molecule has 1 aliphatic heterocycles. The van der Waals surface area contributed by atoms with Gasteiger partial charge in [-0.25, -0.2) is 0 Å². The first-order valence-corrected chi connectivity index (χ1v) is 9.75. The maximum atomic E-state index is 5.81. The molecule has 0 bridgehead atoms. The zero-order valence-corrected chi connectivity index (χ0v) is 16.5. The standard InChI is InChI=1S/C20H27N3O2S/c1-20(11-4-12-25-20)14-23-19(21-2)22-13-17-9-10-18(26-17)15-5-7-16(24-3)8-6-15/h5-10H,4,11-14H2,1-3H3,(H2,21,22,23). The van der Waals surface area contributed by atoms with Crippen LogP contribution in [-0.4, -0.2) is 38.9 Å². The van der Waals surface area contributed by atoms with Crippen molar-refractivity contribution in [1.29, 1.82) is 0 Å². The van der Waals surface area contributed by atoms with E-state index in [0.29, 0.717) is 0 Å². The van der Waals surface area contributed by atoms with Crippen LogP contribution in [0, 0.1) is 0 Å². The summed E-state index contributed by atoms with van der Waals surface area (Å²) in [5.41, 5.74) is 1.12. The van der Waals surface area contributed by atoms with E-state index in [1.807, 2.05) is 12.1 Å². The van der Waals surface area contributed by atoms with Crippen molar-refractivity contribution < 1.29 is 9.47 Å². The maximum Gasteiger partial charge on any atom is 0.191 e. The average molecular weight is 374 g/mol. The molecule has 0 amide bonds. The lowest BCUT2D eigenvalue weighted by molar-refractivity contribution is 0.0243. The number of benzene rings is 1. The molecule has 1 saturated heterocycles. The number of ether oxygens (including phenoxy) is 2.